The van der Waals surface area contributed by atoms with Crippen molar-refractivity contribution in [2.75, 3.05) is 6.54 Å². The summed E-state index contributed by atoms with van der Waals surface area (Å²) in [5.74, 6) is 1.05. The third-order valence-corrected chi connectivity index (χ3v) is 4.32. The van der Waals surface area contributed by atoms with Gasteiger partial charge in [-0.05, 0) is 44.4 Å². The molecule has 1 amide bonds. The number of hydrogen-bond donors (Lipinski definition) is 1. The molecule has 0 atom stereocenters. The van der Waals surface area contributed by atoms with Crippen LogP contribution in [0.15, 0.2) is 0 Å². The molecule has 0 spiro atoms. The molecule has 0 aliphatic heterocycles. The van der Waals surface area contributed by atoms with Crippen LogP contribution in [0.1, 0.15) is 51.4 Å². The Morgan fingerprint density at radius 2 is 1.81 bits per heavy atom. The lowest BCUT2D eigenvalue weighted by atomic mass is 9.97. The number of carbonyl (C=O) groups is 1. The van der Waals surface area contributed by atoms with Crippen LogP contribution in [-0.2, 0) is 4.79 Å². The maximum absolute atomic E-state index is 12.5. The van der Waals surface area contributed by atoms with Crippen LogP contribution in [0.4, 0.5) is 0 Å². The summed E-state index contributed by atoms with van der Waals surface area (Å²) in [6.07, 6.45) is 9.10. The summed E-state index contributed by atoms with van der Waals surface area (Å²) < 4.78 is 0. The second-order valence-corrected chi connectivity index (χ2v) is 6.00. The highest BCUT2D eigenvalue weighted by molar-refractivity contribution is 5.87. The highest BCUT2D eigenvalue weighted by atomic mass is 16.2. The van der Waals surface area contributed by atoms with Crippen LogP contribution < -0.4 is 5.73 Å². The summed E-state index contributed by atoms with van der Waals surface area (Å²) in [7, 11) is 0. The molecular weight excluding hydrogens is 200 g/mol. The van der Waals surface area contributed by atoms with Crippen LogP contribution in [0, 0.1) is 5.92 Å². The van der Waals surface area contributed by atoms with E-state index in [1.807, 2.05) is 0 Å². The zero-order valence-corrected chi connectivity index (χ0v) is 9.95. The summed E-state index contributed by atoms with van der Waals surface area (Å²) in [6, 6.07) is 0.536. The highest BCUT2D eigenvalue weighted by Gasteiger charge is 2.45. The van der Waals surface area contributed by atoms with Gasteiger partial charge < -0.3 is 10.6 Å². The SMILES string of the molecule is NC1(C(=O)N(CC2CC2)C2CC2)CCCC1. The maximum atomic E-state index is 12.5. The van der Waals surface area contributed by atoms with Gasteiger partial charge in [0.2, 0.25) is 5.91 Å². The minimum atomic E-state index is -0.502. The molecule has 3 saturated carbocycles. The molecule has 3 aliphatic carbocycles. The summed E-state index contributed by atoms with van der Waals surface area (Å²) in [4.78, 5) is 14.6. The number of amides is 1. The first-order valence-corrected chi connectivity index (χ1v) is 6.79. The van der Waals surface area contributed by atoms with Gasteiger partial charge in [0.25, 0.3) is 0 Å². The van der Waals surface area contributed by atoms with E-state index < -0.39 is 5.54 Å². The number of hydrogen-bond acceptors (Lipinski definition) is 2. The zero-order valence-electron chi connectivity index (χ0n) is 9.95. The van der Waals surface area contributed by atoms with Crippen LogP contribution in [-0.4, -0.2) is 28.9 Å². The van der Waals surface area contributed by atoms with E-state index in [0.717, 1.165) is 38.1 Å². The van der Waals surface area contributed by atoms with Crippen LogP contribution >= 0.6 is 0 Å². The molecule has 3 fully saturated rings. The Hall–Kier alpha value is -0.570. The van der Waals surface area contributed by atoms with Gasteiger partial charge in [0, 0.05) is 12.6 Å². The Morgan fingerprint density at radius 3 is 2.31 bits per heavy atom. The lowest BCUT2D eigenvalue weighted by Crippen LogP contribution is -2.54. The lowest BCUT2D eigenvalue weighted by molar-refractivity contribution is -0.137. The predicted octanol–water partition coefficient (Wildman–Crippen LogP) is 1.66. The Balaban J connectivity index is 1.69. The van der Waals surface area contributed by atoms with Crippen molar-refractivity contribution in [1.82, 2.24) is 4.90 Å². The molecule has 0 heterocycles. The van der Waals surface area contributed by atoms with Crippen molar-refractivity contribution < 1.29 is 4.79 Å². The molecule has 16 heavy (non-hydrogen) atoms. The normalized spacial score (nSPS) is 28.1. The van der Waals surface area contributed by atoms with Gasteiger partial charge in [0.05, 0.1) is 5.54 Å². The van der Waals surface area contributed by atoms with Gasteiger partial charge in [-0.25, -0.2) is 0 Å². The van der Waals surface area contributed by atoms with Crippen molar-refractivity contribution in [3.63, 3.8) is 0 Å². The number of nitrogens with two attached hydrogens (primary N) is 1. The average molecular weight is 222 g/mol. The van der Waals surface area contributed by atoms with Crippen LogP contribution in [0.3, 0.4) is 0 Å². The molecule has 0 aromatic carbocycles. The van der Waals surface area contributed by atoms with E-state index in [0.29, 0.717) is 6.04 Å². The molecule has 90 valence electrons. The van der Waals surface area contributed by atoms with Gasteiger partial charge in [-0.1, -0.05) is 12.8 Å². The van der Waals surface area contributed by atoms with Gasteiger partial charge in [-0.15, -0.1) is 0 Å². The molecule has 0 bridgehead atoms. The molecule has 3 aliphatic rings. The first-order chi connectivity index (χ1) is 7.69. The van der Waals surface area contributed by atoms with E-state index >= 15 is 0 Å². The fourth-order valence-corrected chi connectivity index (χ4v) is 2.87. The van der Waals surface area contributed by atoms with Crippen molar-refractivity contribution in [3.8, 4) is 0 Å². The van der Waals surface area contributed by atoms with E-state index in [4.69, 9.17) is 5.73 Å². The largest absolute Gasteiger partial charge is 0.338 e. The first-order valence-electron chi connectivity index (χ1n) is 6.79. The minimum absolute atomic E-state index is 0.263. The Kier molecular flexibility index (Phi) is 2.46. The topological polar surface area (TPSA) is 46.3 Å². The standard InChI is InChI=1S/C13H22N2O/c14-13(7-1-2-8-13)12(16)15(11-5-6-11)9-10-3-4-10/h10-11H,1-9,14H2. The van der Waals surface area contributed by atoms with Gasteiger partial charge in [-0.2, -0.15) is 0 Å². The van der Waals surface area contributed by atoms with Gasteiger partial charge in [0.1, 0.15) is 0 Å². The molecule has 3 nitrogen and oxygen atoms in total. The highest BCUT2D eigenvalue weighted by Crippen LogP contribution is 2.38. The van der Waals surface area contributed by atoms with Crippen molar-refractivity contribution >= 4 is 5.91 Å². The van der Waals surface area contributed by atoms with E-state index in [1.54, 1.807) is 0 Å². The van der Waals surface area contributed by atoms with Crippen LogP contribution in [0.5, 0.6) is 0 Å². The van der Waals surface area contributed by atoms with E-state index in [-0.39, 0.29) is 5.91 Å². The number of nitrogens with zero attached hydrogens (tertiary/aromatic N) is 1. The zero-order chi connectivity index (χ0) is 11.2. The van der Waals surface area contributed by atoms with Crippen molar-refractivity contribution in [1.29, 1.82) is 0 Å². The fourth-order valence-electron chi connectivity index (χ4n) is 2.87. The second kappa shape index (κ2) is 3.73. The smallest absolute Gasteiger partial charge is 0.242 e. The monoisotopic (exact) mass is 222 g/mol. The lowest BCUT2D eigenvalue weighted by Gasteiger charge is -2.31. The van der Waals surface area contributed by atoms with E-state index in [9.17, 15) is 4.79 Å². The molecule has 0 saturated heterocycles. The van der Waals surface area contributed by atoms with Crippen molar-refractivity contribution in [2.45, 2.75) is 62.9 Å². The maximum Gasteiger partial charge on any atom is 0.242 e. The van der Waals surface area contributed by atoms with Crippen molar-refractivity contribution in [2.24, 2.45) is 11.7 Å². The number of rotatable bonds is 4. The second-order valence-electron chi connectivity index (χ2n) is 6.00. The Morgan fingerprint density at radius 1 is 1.19 bits per heavy atom. The van der Waals surface area contributed by atoms with Crippen molar-refractivity contribution in [3.05, 3.63) is 0 Å². The fraction of sp³-hybridized carbons (Fsp3) is 0.923. The molecule has 0 radical (unpaired) electrons. The number of carbonyl (C=O) groups excluding carboxylic acids is 1. The van der Waals surface area contributed by atoms with Gasteiger partial charge in [-0.3, -0.25) is 4.79 Å². The molecule has 2 N–H and O–H groups in total. The summed E-state index contributed by atoms with van der Waals surface area (Å²) in [5.41, 5.74) is 5.77. The summed E-state index contributed by atoms with van der Waals surface area (Å²) in [5, 5.41) is 0. The molecule has 0 aromatic heterocycles. The Bertz CT molecular complexity index is 288. The van der Waals surface area contributed by atoms with E-state index in [1.165, 1.54) is 25.7 Å². The van der Waals surface area contributed by atoms with Gasteiger partial charge >= 0.3 is 0 Å². The molecule has 0 aromatic rings. The van der Waals surface area contributed by atoms with E-state index in [2.05, 4.69) is 4.90 Å². The predicted molar refractivity (Wildman–Crippen MR) is 62.8 cm³/mol. The third kappa shape index (κ3) is 1.97. The molecule has 3 rings (SSSR count). The van der Waals surface area contributed by atoms with Crippen LogP contribution in [0.2, 0.25) is 0 Å². The Labute approximate surface area is 97.4 Å². The summed E-state index contributed by atoms with van der Waals surface area (Å²) in [6.45, 7) is 0.989. The first kappa shape index (κ1) is 10.6. The van der Waals surface area contributed by atoms with Gasteiger partial charge in [0.15, 0.2) is 0 Å². The average Bonchev–Trinajstić information content (AvgIpc) is 3.16. The minimum Gasteiger partial charge on any atom is -0.338 e. The molecule has 3 heteroatoms. The quantitative estimate of drug-likeness (QED) is 0.786. The van der Waals surface area contributed by atoms with Crippen LogP contribution in [0.25, 0.3) is 0 Å². The molecule has 0 unspecified atom stereocenters. The third-order valence-electron chi connectivity index (χ3n) is 4.32. The summed E-state index contributed by atoms with van der Waals surface area (Å²) >= 11 is 0. The molecular formula is C13H22N2O.